The van der Waals surface area contributed by atoms with Crippen molar-refractivity contribution in [1.82, 2.24) is 4.98 Å². The van der Waals surface area contributed by atoms with Crippen molar-refractivity contribution in [3.63, 3.8) is 0 Å². The van der Waals surface area contributed by atoms with Crippen LogP contribution in [0.3, 0.4) is 0 Å². The van der Waals surface area contributed by atoms with E-state index in [1.165, 1.54) is 5.56 Å². The highest BCUT2D eigenvalue weighted by atomic mass is 35.5. The van der Waals surface area contributed by atoms with Crippen LogP contribution in [0.15, 0.2) is 41.5 Å². The lowest BCUT2D eigenvalue weighted by molar-refractivity contribution is 1.32. The number of aryl methyl sites for hydroxylation is 1. The summed E-state index contributed by atoms with van der Waals surface area (Å²) in [6.07, 6.45) is 3.29. The van der Waals surface area contributed by atoms with Crippen molar-refractivity contribution in [2.45, 2.75) is 6.92 Å². The topological polar surface area (TPSA) is 51.3 Å². The van der Waals surface area contributed by atoms with E-state index >= 15 is 0 Å². The second-order valence-electron chi connectivity index (χ2n) is 3.73. The predicted octanol–water partition coefficient (Wildman–Crippen LogP) is 3.38. The Kier molecular flexibility index (Phi) is 3.40. The molecule has 0 atom stereocenters. The van der Waals surface area contributed by atoms with Gasteiger partial charge in [-0.1, -0.05) is 29.3 Å². The van der Waals surface area contributed by atoms with Crippen LogP contribution < -0.4 is 5.73 Å². The molecule has 0 radical (unpaired) electrons. The van der Waals surface area contributed by atoms with Crippen molar-refractivity contribution in [3.8, 4) is 0 Å². The van der Waals surface area contributed by atoms with Crippen LogP contribution in [0.4, 0.5) is 11.4 Å². The zero-order valence-electron chi connectivity index (χ0n) is 9.39. The van der Waals surface area contributed by atoms with Crippen molar-refractivity contribution in [3.05, 3.63) is 52.8 Å². The van der Waals surface area contributed by atoms with E-state index < -0.39 is 0 Å². The second kappa shape index (κ2) is 4.97. The van der Waals surface area contributed by atoms with Crippen LogP contribution in [-0.4, -0.2) is 11.2 Å². The van der Waals surface area contributed by atoms with Crippen LogP contribution in [-0.2, 0) is 0 Å². The maximum atomic E-state index is 5.79. The summed E-state index contributed by atoms with van der Waals surface area (Å²) in [6.45, 7) is 2.04. The van der Waals surface area contributed by atoms with E-state index in [1.807, 2.05) is 31.2 Å². The Morgan fingerprint density at radius 2 is 2.00 bits per heavy atom. The number of anilines is 1. The second-order valence-corrected chi connectivity index (χ2v) is 4.12. The third-order valence-corrected chi connectivity index (χ3v) is 2.53. The molecule has 0 aliphatic rings. The number of halogens is 1. The number of rotatable bonds is 2. The Morgan fingerprint density at radius 3 is 2.65 bits per heavy atom. The van der Waals surface area contributed by atoms with Gasteiger partial charge < -0.3 is 5.73 Å². The summed E-state index contributed by atoms with van der Waals surface area (Å²) in [5.41, 5.74) is 9.21. The summed E-state index contributed by atoms with van der Waals surface area (Å²) in [6, 6.07) is 9.53. The maximum absolute atomic E-state index is 5.79. The molecule has 0 aliphatic heterocycles. The van der Waals surface area contributed by atoms with Gasteiger partial charge in [0.25, 0.3) is 0 Å². The predicted molar refractivity (Wildman–Crippen MR) is 72.1 cm³/mol. The highest BCUT2D eigenvalue weighted by molar-refractivity contribution is 6.29. The highest BCUT2D eigenvalue weighted by Gasteiger charge is 1.97. The first-order valence-corrected chi connectivity index (χ1v) is 5.55. The summed E-state index contributed by atoms with van der Waals surface area (Å²) in [5, 5.41) is 0.384. The summed E-state index contributed by atoms with van der Waals surface area (Å²) in [7, 11) is 0. The molecule has 0 bridgehead atoms. The molecule has 0 saturated carbocycles. The normalized spacial score (nSPS) is 10.9. The molecule has 0 saturated heterocycles. The lowest BCUT2D eigenvalue weighted by atomic mass is 10.2. The third kappa shape index (κ3) is 3.04. The van der Waals surface area contributed by atoms with Gasteiger partial charge in [0.05, 0.1) is 5.69 Å². The molecule has 4 heteroatoms. The lowest BCUT2D eigenvalue weighted by Gasteiger charge is -1.99. The number of benzene rings is 1. The van der Waals surface area contributed by atoms with E-state index in [9.17, 15) is 0 Å². The number of nitrogen functional groups attached to an aromatic ring is 1. The SMILES string of the molecule is Cc1ccc(N=Cc2cnc(Cl)cc2N)cc1. The van der Waals surface area contributed by atoms with Crippen LogP contribution in [0.5, 0.6) is 0 Å². The summed E-state index contributed by atoms with van der Waals surface area (Å²) < 4.78 is 0. The molecule has 17 heavy (non-hydrogen) atoms. The van der Waals surface area contributed by atoms with E-state index in [0.717, 1.165) is 11.3 Å². The van der Waals surface area contributed by atoms with Gasteiger partial charge in [0.15, 0.2) is 0 Å². The quantitative estimate of drug-likeness (QED) is 0.651. The fourth-order valence-electron chi connectivity index (χ4n) is 1.34. The van der Waals surface area contributed by atoms with Crippen LogP contribution in [0.25, 0.3) is 0 Å². The molecule has 0 spiro atoms. The van der Waals surface area contributed by atoms with Crippen molar-refractivity contribution in [1.29, 1.82) is 0 Å². The van der Waals surface area contributed by atoms with Crippen LogP contribution in [0.1, 0.15) is 11.1 Å². The zero-order valence-corrected chi connectivity index (χ0v) is 10.1. The van der Waals surface area contributed by atoms with E-state index in [2.05, 4.69) is 9.98 Å². The van der Waals surface area contributed by atoms with Crippen molar-refractivity contribution in [2.24, 2.45) is 4.99 Å². The average molecular weight is 246 g/mol. The smallest absolute Gasteiger partial charge is 0.131 e. The minimum Gasteiger partial charge on any atom is -0.398 e. The Hall–Kier alpha value is -1.87. The maximum Gasteiger partial charge on any atom is 0.131 e. The first-order valence-electron chi connectivity index (χ1n) is 5.17. The van der Waals surface area contributed by atoms with E-state index in [0.29, 0.717) is 10.8 Å². The van der Waals surface area contributed by atoms with Gasteiger partial charge >= 0.3 is 0 Å². The Morgan fingerprint density at radius 1 is 1.29 bits per heavy atom. The molecule has 1 aromatic heterocycles. The number of aliphatic imine (C=N–C) groups is 1. The van der Waals surface area contributed by atoms with Gasteiger partial charge in [0.2, 0.25) is 0 Å². The Balaban J connectivity index is 2.23. The van der Waals surface area contributed by atoms with Gasteiger partial charge in [-0.3, -0.25) is 4.99 Å². The van der Waals surface area contributed by atoms with Gasteiger partial charge in [-0.25, -0.2) is 4.98 Å². The molecule has 0 fully saturated rings. The number of hydrogen-bond donors (Lipinski definition) is 1. The molecular formula is C13H12ClN3. The third-order valence-electron chi connectivity index (χ3n) is 2.32. The molecule has 0 aliphatic carbocycles. The summed E-state index contributed by atoms with van der Waals surface area (Å²) in [4.78, 5) is 8.28. The molecule has 0 unspecified atom stereocenters. The van der Waals surface area contributed by atoms with Gasteiger partial charge in [0.1, 0.15) is 5.15 Å². The number of nitrogens with zero attached hydrogens (tertiary/aromatic N) is 2. The first-order chi connectivity index (χ1) is 8.15. The molecular weight excluding hydrogens is 234 g/mol. The number of pyridine rings is 1. The van der Waals surface area contributed by atoms with Gasteiger partial charge in [-0.15, -0.1) is 0 Å². The van der Waals surface area contributed by atoms with E-state index in [1.54, 1.807) is 18.5 Å². The highest BCUT2D eigenvalue weighted by Crippen LogP contribution is 2.16. The number of aromatic nitrogens is 1. The summed E-state index contributed by atoms with van der Waals surface area (Å²) in [5.74, 6) is 0. The monoisotopic (exact) mass is 245 g/mol. The Labute approximate surface area is 105 Å². The molecule has 3 nitrogen and oxygen atoms in total. The van der Waals surface area contributed by atoms with Gasteiger partial charge in [0, 0.05) is 23.7 Å². The zero-order chi connectivity index (χ0) is 12.3. The van der Waals surface area contributed by atoms with Crippen molar-refractivity contribution < 1.29 is 0 Å². The minimum atomic E-state index is 0.384. The van der Waals surface area contributed by atoms with E-state index in [-0.39, 0.29) is 0 Å². The summed E-state index contributed by atoms with van der Waals surface area (Å²) >= 11 is 5.72. The molecule has 2 rings (SSSR count). The van der Waals surface area contributed by atoms with Crippen molar-refractivity contribution in [2.75, 3.05) is 5.73 Å². The number of hydrogen-bond acceptors (Lipinski definition) is 3. The fraction of sp³-hybridized carbons (Fsp3) is 0.0769. The minimum absolute atomic E-state index is 0.384. The molecule has 2 aromatic rings. The first kappa shape index (κ1) is 11.6. The van der Waals surface area contributed by atoms with Crippen LogP contribution >= 0.6 is 11.6 Å². The average Bonchev–Trinajstić information content (AvgIpc) is 2.30. The standard InChI is InChI=1S/C13H12ClN3/c1-9-2-4-11(5-3-9)16-7-10-8-17-13(14)6-12(10)15/h2-8H,1H3,(H2,15,17). The van der Waals surface area contributed by atoms with E-state index in [4.69, 9.17) is 17.3 Å². The Bertz CT molecular complexity index is 547. The number of nitrogens with two attached hydrogens (primary N) is 1. The van der Waals surface area contributed by atoms with Crippen LogP contribution in [0, 0.1) is 6.92 Å². The molecule has 0 amide bonds. The fourth-order valence-corrected chi connectivity index (χ4v) is 1.50. The van der Waals surface area contributed by atoms with Gasteiger partial charge in [-0.2, -0.15) is 0 Å². The molecule has 86 valence electrons. The molecule has 1 aromatic carbocycles. The molecule has 2 N–H and O–H groups in total. The lowest BCUT2D eigenvalue weighted by Crippen LogP contribution is -1.94. The largest absolute Gasteiger partial charge is 0.398 e. The molecule has 1 heterocycles. The van der Waals surface area contributed by atoms with Crippen LogP contribution in [0.2, 0.25) is 5.15 Å². The van der Waals surface area contributed by atoms with Gasteiger partial charge in [-0.05, 0) is 25.1 Å². The van der Waals surface area contributed by atoms with Crippen molar-refractivity contribution >= 4 is 29.2 Å².